The second kappa shape index (κ2) is 6.15. The minimum absolute atomic E-state index is 0.366. The molecule has 0 amide bonds. The van der Waals surface area contributed by atoms with Gasteiger partial charge in [-0.1, -0.05) is 23.8 Å². The molecule has 4 heteroatoms. The molecular formula is C16H15BrClFO. The molecule has 1 nitrogen and oxygen atoms in total. The van der Waals surface area contributed by atoms with E-state index in [-0.39, 0.29) is 11.2 Å². The van der Waals surface area contributed by atoms with Gasteiger partial charge in [-0.3, -0.25) is 0 Å². The molecule has 0 aliphatic heterocycles. The van der Waals surface area contributed by atoms with Crippen LogP contribution in [-0.2, 0) is 0 Å². The van der Waals surface area contributed by atoms with Crippen LogP contribution in [0.15, 0.2) is 34.8 Å². The highest BCUT2D eigenvalue weighted by molar-refractivity contribution is 9.10. The zero-order chi connectivity index (χ0) is 14.9. The minimum atomic E-state index is -0.387. The van der Waals surface area contributed by atoms with Gasteiger partial charge in [0.25, 0.3) is 0 Å². The Balaban J connectivity index is 2.52. The number of hydrogen-bond donors (Lipinski definition) is 0. The lowest BCUT2D eigenvalue weighted by Crippen LogP contribution is -2.01. The van der Waals surface area contributed by atoms with Gasteiger partial charge in [-0.2, -0.15) is 0 Å². The monoisotopic (exact) mass is 356 g/mol. The number of rotatable bonds is 3. The molecule has 2 aromatic rings. The molecule has 0 saturated heterocycles. The molecule has 0 N–H and O–H groups in total. The normalized spacial score (nSPS) is 12.3. The lowest BCUT2D eigenvalue weighted by Gasteiger charge is -2.17. The summed E-state index contributed by atoms with van der Waals surface area (Å²) in [5.74, 6) is 0.0840. The van der Waals surface area contributed by atoms with Gasteiger partial charge in [0.2, 0.25) is 0 Å². The molecule has 0 aliphatic rings. The lowest BCUT2D eigenvalue weighted by molar-refractivity contribution is 0.406. The third-order valence-electron chi connectivity index (χ3n) is 3.24. The predicted molar refractivity (Wildman–Crippen MR) is 84.3 cm³/mol. The van der Waals surface area contributed by atoms with E-state index in [1.807, 2.05) is 26.0 Å². The molecule has 0 bridgehead atoms. The van der Waals surface area contributed by atoms with E-state index in [4.69, 9.17) is 16.3 Å². The van der Waals surface area contributed by atoms with E-state index >= 15 is 0 Å². The van der Waals surface area contributed by atoms with Gasteiger partial charge in [-0.25, -0.2) is 4.39 Å². The van der Waals surface area contributed by atoms with Crippen molar-refractivity contribution in [1.82, 2.24) is 0 Å². The average molecular weight is 358 g/mol. The van der Waals surface area contributed by atoms with Crippen LogP contribution in [0, 0.1) is 19.7 Å². The Hall–Kier alpha value is -1.06. The summed E-state index contributed by atoms with van der Waals surface area (Å²) in [4.78, 5) is 0. The van der Waals surface area contributed by atoms with Crippen LogP contribution in [-0.4, -0.2) is 7.11 Å². The van der Waals surface area contributed by atoms with E-state index in [9.17, 15) is 4.39 Å². The molecule has 0 spiro atoms. The number of halogens is 3. The molecule has 1 atom stereocenters. The molecular weight excluding hydrogens is 343 g/mol. The van der Waals surface area contributed by atoms with Crippen LogP contribution in [0.4, 0.5) is 4.39 Å². The molecule has 0 heterocycles. The van der Waals surface area contributed by atoms with Gasteiger partial charge in [0.1, 0.15) is 11.6 Å². The van der Waals surface area contributed by atoms with Gasteiger partial charge < -0.3 is 4.74 Å². The summed E-state index contributed by atoms with van der Waals surface area (Å²) in [7, 11) is 1.51. The van der Waals surface area contributed by atoms with Crippen molar-refractivity contribution in [2.45, 2.75) is 19.2 Å². The number of hydrogen-bond acceptors (Lipinski definition) is 1. The van der Waals surface area contributed by atoms with Crippen molar-refractivity contribution in [2.75, 3.05) is 7.11 Å². The Morgan fingerprint density at radius 2 is 1.85 bits per heavy atom. The van der Waals surface area contributed by atoms with E-state index in [0.29, 0.717) is 10.2 Å². The van der Waals surface area contributed by atoms with Crippen molar-refractivity contribution < 1.29 is 9.13 Å². The predicted octanol–water partition coefficient (Wildman–Crippen LogP) is 5.54. The van der Waals surface area contributed by atoms with Crippen LogP contribution in [0.1, 0.15) is 27.6 Å². The van der Waals surface area contributed by atoms with Crippen LogP contribution in [0.3, 0.4) is 0 Å². The summed E-state index contributed by atoms with van der Waals surface area (Å²) in [5.41, 5.74) is 4.03. The van der Waals surface area contributed by atoms with E-state index in [1.165, 1.54) is 18.7 Å². The summed E-state index contributed by atoms with van der Waals surface area (Å²) in [6.07, 6.45) is 0. The Kier molecular flexibility index (Phi) is 4.71. The molecule has 0 fully saturated rings. The van der Waals surface area contributed by atoms with Gasteiger partial charge in [0.15, 0.2) is 0 Å². The lowest BCUT2D eigenvalue weighted by atomic mass is 9.98. The molecule has 2 aromatic carbocycles. The van der Waals surface area contributed by atoms with Crippen LogP contribution in [0.5, 0.6) is 5.75 Å². The number of alkyl halides is 1. The highest BCUT2D eigenvalue weighted by Crippen LogP contribution is 2.39. The first-order valence-corrected chi connectivity index (χ1v) is 7.41. The summed E-state index contributed by atoms with van der Waals surface area (Å²) < 4.78 is 19.2. The maximum atomic E-state index is 13.6. The van der Waals surface area contributed by atoms with Crippen molar-refractivity contribution >= 4 is 27.5 Å². The Labute approximate surface area is 131 Å². The zero-order valence-corrected chi connectivity index (χ0v) is 13.8. The first-order valence-electron chi connectivity index (χ1n) is 6.18. The Bertz CT molecular complexity index is 643. The van der Waals surface area contributed by atoms with Gasteiger partial charge in [0.05, 0.1) is 17.0 Å². The smallest absolute Gasteiger partial charge is 0.141 e. The summed E-state index contributed by atoms with van der Waals surface area (Å²) in [5, 5.41) is -0.387. The molecule has 0 aliphatic carbocycles. The third kappa shape index (κ3) is 2.99. The Morgan fingerprint density at radius 1 is 1.15 bits per heavy atom. The van der Waals surface area contributed by atoms with Crippen molar-refractivity contribution in [1.29, 1.82) is 0 Å². The van der Waals surface area contributed by atoms with Crippen molar-refractivity contribution in [2.24, 2.45) is 0 Å². The highest BCUT2D eigenvalue weighted by Gasteiger charge is 2.19. The fraction of sp³-hybridized carbons (Fsp3) is 0.250. The first-order chi connectivity index (χ1) is 9.43. The molecule has 0 radical (unpaired) electrons. The average Bonchev–Trinajstić information content (AvgIpc) is 2.40. The minimum Gasteiger partial charge on any atom is -0.496 e. The fourth-order valence-corrected chi connectivity index (χ4v) is 2.97. The summed E-state index contributed by atoms with van der Waals surface area (Å²) in [6.45, 7) is 4.05. The Morgan fingerprint density at radius 3 is 2.45 bits per heavy atom. The van der Waals surface area contributed by atoms with Gasteiger partial charge >= 0.3 is 0 Å². The maximum absolute atomic E-state index is 13.6. The summed E-state index contributed by atoms with van der Waals surface area (Å²) >= 11 is 9.77. The van der Waals surface area contributed by atoms with Crippen LogP contribution in [0.25, 0.3) is 0 Å². The summed E-state index contributed by atoms with van der Waals surface area (Å²) in [6, 6.07) is 9.11. The van der Waals surface area contributed by atoms with Crippen LogP contribution in [0.2, 0.25) is 0 Å². The van der Waals surface area contributed by atoms with Gasteiger partial charge in [0, 0.05) is 11.6 Å². The zero-order valence-electron chi connectivity index (χ0n) is 11.5. The molecule has 20 heavy (non-hydrogen) atoms. The number of aryl methyl sites for hydroxylation is 2. The molecule has 0 saturated carbocycles. The molecule has 2 rings (SSSR count). The quantitative estimate of drug-likeness (QED) is 0.655. The molecule has 1 unspecified atom stereocenters. The third-order valence-corrected chi connectivity index (χ3v) is 4.32. The standard InChI is InChI=1S/C16H15BrClFO/c1-9-4-5-11(10(2)6-9)16(18)12-7-13(17)14(19)8-15(12)20-3/h4-8,16H,1-3H3. The van der Waals surface area contributed by atoms with Gasteiger partial charge in [-0.05, 0) is 47.0 Å². The SMILES string of the molecule is COc1cc(F)c(Br)cc1C(Cl)c1ccc(C)cc1C. The topological polar surface area (TPSA) is 9.23 Å². The molecule has 106 valence electrons. The largest absolute Gasteiger partial charge is 0.496 e. The van der Waals surface area contributed by atoms with E-state index in [0.717, 1.165) is 16.7 Å². The van der Waals surface area contributed by atoms with Gasteiger partial charge in [-0.15, -0.1) is 11.6 Å². The number of ether oxygens (including phenoxy) is 1. The van der Waals surface area contributed by atoms with E-state index in [2.05, 4.69) is 22.0 Å². The van der Waals surface area contributed by atoms with E-state index in [1.54, 1.807) is 6.07 Å². The van der Waals surface area contributed by atoms with Crippen LogP contribution < -0.4 is 4.74 Å². The van der Waals surface area contributed by atoms with Crippen molar-refractivity contribution in [3.63, 3.8) is 0 Å². The maximum Gasteiger partial charge on any atom is 0.141 e. The number of benzene rings is 2. The fourth-order valence-electron chi connectivity index (χ4n) is 2.20. The second-order valence-electron chi connectivity index (χ2n) is 4.73. The van der Waals surface area contributed by atoms with Crippen molar-refractivity contribution in [3.05, 3.63) is 62.9 Å². The number of methoxy groups -OCH3 is 1. The first kappa shape index (κ1) is 15.3. The second-order valence-corrected chi connectivity index (χ2v) is 6.02. The van der Waals surface area contributed by atoms with E-state index < -0.39 is 0 Å². The van der Waals surface area contributed by atoms with Crippen LogP contribution >= 0.6 is 27.5 Å². The highest BCUT2D eigenvalue weighted by atomic mass is 79.9. The van der Waals surface area contributed by atoms with Crippen molar-refractivity contribution in [3.8, 4) is 5.75 Å². The molecule has 0 aromatic heterocycles.